The monoisotopic (exact) mass is 178 g/mol. The summed E-state index contributed by atoms with van der Waals surface area (Å²) < 4.78 is 1.51. The normalized spacial score (nSPS) is 10.6. The Morgan fingerprint density at radius 3 is 2.92 bits per heavy atom. The van der Waals surface area contributed by atoms with Gasteiger partial charge in [-0.15, -0.1) is 0 Å². The third kappa shape index (κ3) is 1.26. The predicted molar refractivity (Wildman–Crippen MR) is 47.8 cm³/mol. The fourth-order valence-corrected chi connectivity index (χ4v) is 1.23. The maximum Gasteiger partial charge on any atom is 0.507 e. The van der Waals surface area contributed by atoms with Crippen LogP contribution in [-0.4, -0.2) is 26.6 Å². The molecule has 2 aromatic heterocycles. The Labute approximate surface area is 73.4 Å². The van der Waals surface area contributed by atoms with E-state index in [1.165, 1.54) is 28.9 Å². The lowest BCUT2D eigenvalue weighted by Crippen LogP contribution is -2.33. The zero-order chi connectivity index (χ0) is 9.42. The first-order chi connectivity index (χ1) is 6.18. The van der Waals surface area contributed by atoms with E-state index in [9.17, 15) is 4.79 Å². The number of aromatic nitrogens is 2. The number of H-pyrrole nitrogens is 1. The first-order valence-electron chi connectivity index (χ1n) is 3.74. The summed E-state index contributed by atoms with van der Waals surface area (Å²) in [7, 11) is -1.55. The van der Waals surface area contributed by atoms with Gasteiger partial charge in [0.2, 0.25) is 0 Å². The summed E-state index contributed by atoms with van der Waals surface area (Å²) in [5.41, 5.74) is 0.714. The summed E-state index contributed by atoms with van der Waals surface area (Å²) in [6, 6.07) is 2.73. The summed E-state index contributed by atoms with van der Waals surface area (Å²) in [5, 5.41) is 17.8. The molecule has 0 aliphatic carbocycles. The molecule has 3 N–H and O–H groups in total. The lowest BCUT2D eigenvalue weighted by molar-refractivity contribution is 0.424. The van der Waals surface area contributed by atoms with E-state index in [0.29, 0.717) is 11.2 Å². The van der Waals surface area contributed by atoms with Crippen molar-refractivity contribution in [1.29, 1.82) is 0 Å². The molecule has 0 aromatic carbocycles. The van der Waals surface area contributed by atoms with Gasteiger partial charge in [-0.2, -0.15) is 0 Å². The zero-order valence-corrected chi connectivity index (χ0v) is 6.64. The Hall–Kier alpha value is -1.53. The third-order valence-corrected chi connectivity index (χ3v) is 1.84. The van der Waals surface area contributed by atoms with Crippen LogP contribution < -0.4 is 11.0 Å². The number of fused-ring (bicyclic) bond motifs is 1. The molecule has 66 valence electrons. The molecule has 5 nitrogen and oxygen atoms in total. The zero-order valence-electron chi connectivity index (χ0n) is 6.64. The number of hydrogen-bond donors (Lipinski definition) is 3. The maximum absolute atomic E-state index is 10.9. The minimum Gasteiger partial charge on any atom is -0.422 e. The molecule has 0 fully saturated rings. The van der Waals surface area contributed by atoms with E-state index in [1.54, 1.807) is 0 Å². The molecule has 0 atom stereocenters. The highest BCUT2D eigenvalue weighted by atomic mass is 16.4. The fraction of sp³-hybridized carbons (Fsp3) is 0. The van der Waals surface area contributed by atoms with Gasteiger partial charge in [0.25, 0.3) is 0 Å². The van der Waals surface area contributed by atoms with Gasteiger partial charge in [-0.1, -0.05) is 0 Å². The maximum atomic E-state index is 10.9. The molecular weight excluding hydrogens is 171 g/mol. The highest BCUT2D eigenvalue weighted by Crippen LogP contribution is 1.93. The minimum absolute atomic E-state index is 0.124. The third-order valence-electron chi connectivity index (χ3n) is 1.84. The van der Waals surface area contributed by atoms with Crippen molar-refractivity contribution in [2.45, 2.75) is 0 Å². The molecule has 2 heterocycles. The number of hydrogen-bond acceptors (Lipinski definition) is 3. The number of aromatic amines is 1. The number of rotatable bonds is 1. The van der Waals surface area contributed by atoms with Crippen LogP contribution in [0.4, 0.5) is 0 Å². The fourth-order valence-electron chi connectivity index (χ4n) is 1.23. The number of pyridine rings is 1. The van der Waals surface area contributed by atoms with E-state index in [0.717, 1.165) is 0 Å². The second kappa shape index (κ2) is 2.76. The van der Waals surface area contributed by atoms with Crippen LogP contribution in [0, 0.1) is 0 Å². The van der Waals surface area contributed by atoms with Crippen molar-refractivity contribution in [2.75, 3.05) is 0 Å². The van der Waals surface area contributed by atoms with Crippen molar-refractivity contribution in [3.8, 4) is 0 Å². The minimum atomic E-state index is -1.55. The molecule has 0 aliphatic heterocycles. The van der Waals surface area contributed by atoms with Crippen LogP contribution in [0.1, 0.15) is 0 Å². The van der Waals surface area contributed by atoms with Crippen LogP contribution in [0.25, 0.3) is 5.65 Å². The van der Waals surface area contributed by atoms with Crippen LogP contribution in [-0.2, 0) is 0 Å². The van der Waals surface area contributed by atoms with Crippen molar-refractivity contribution >= 4 is 18.4 Å². The largest absolute Gasteiger partial charge is 0.507 e. The molecule has 0 saturated heterocycles. The van der Waals surface area contributed by atoms with E-state index >= 15 is 0 Å². The topological polar surface area (TPSA) is 77.7 Å². The summed E-state index contributed by atoms with van der Waals surface area (Å²) >= 11 is 0. The highest BCUT2D eigenvalue weighted by molar-refractivity contribution is 6.57. The molecule has 6 heteroatoms. The smallest absolute Gasteiger partial charge is 0.422 e. The van der Waals surface area contributed by atoms with Crippen LogP contribution in [0.15, 0.2) is 29.3 Å². The molecule has 0 unspecified atom stereocenters. The second-order valence-corrected chi connectivity index (χ2v) is 2.70. The molecule has 2 aromatic rings. The van der Waals surface area contributed by atoms with Crippen molar-refractivity contribution in [2.24, 2.45) is 0 Å². The average Bonchev–Trinajstić information content (AvgIpc) is 2.46. The molecule has 0 aliphatic rings. The van der Waals surface area contributed by atoms with Crippen LogP contribution in [0.5, 0.6) is 0 Å². The quantitative estimate of drug-likeness (QED) is 0.455. The number of nitrogens with one attached hydrogen (secondary N) is 1. The van der Waals surface area contributed by atoms with Gasteiger partial charge in [-0.05, 0) is 0 Å². The van der Waals surface area contributed by atoms with Crippen LogP contribution in [0.3, 0.4) is 0 Å². The summed E-state index contributed by atoms with van der Waals surface area (Å²) in [6.07, 6.45) is 2.93. The van der Waals surface area contributed by atoms with Gasteiger partial charge < -0.3 is 19.4 Å². The average molecular weight is 178 g/mol. The van der Waals surface area contributed by atoms with Gasteiger partial charge in [0.05, 0.1) is 5.59 Å². The number of nitrogens with zero attached hydrogens (tertiary/aromatic N) is 1. The Morgan fingerprint density at radius 1 is 1.46 bits per heavy atom. The summed E-state index contributed by atoms with van der Waals surface area (Å²) in [4.78, 5) is 13.7. The molecule has 0 bridgehead atoms. The molecular formula is C7H7BN2O3. The molecule has 0 radical (unpaired) electrons. The SMILES string of the molecule is O=c1ccn2c(B(O)O)c[nH]c2c1. The van der Waals surface area contributed by atoms with Gasteiger partial charge in [0.1, 0.15) is 5.65 Å². The first kappa shape index (κ1) is 8.09. The van der Waals surface area contributed by atoms with E-state index < -0.39 is 7.12 Å². The Kier molecular flexibility index (Phi) is 1.71. The second-order valence-electron chi connectivity index (χ2n) is 2.70. The standard InChI is InChI=1S/C7H7BN2O3/c11-5-1-2-10-6(8(12)13)4-9-7(10)3-5/h1-4,9,12-13H. The molecule has 2 rings (SSSR count). The van der Waals surface area contributed by atoms with Gasteiger partial charge in [-0.25, -0.2) is 0 Å². The molecule has 0 saturated carbocycles. The van der Waals surface area contributed by atoms with Gasteiger partial charge in [0.15, 0.2) is 5.43 Å². The van der Waals surface area contributed by atoms with E-state index in [-0.39, 0.29) is 5.43 Å². The van der Waals surface area contributed by atoms with Crippen molar-refractivity contribution in [3.63, 3.8) is 0 Å². The van der Waals surface area contributed by atoms with Crippen LogP contribution in [0.2, 0.25) is 0 Å². The highest BCUT2D eigenvalue weighted by Gasteiger charge is 2.15. The summed E-state index contributed by atoms with van der Waals surface area (Å²) in [6.45, 7) is 0. The van der Waals surface area contributed by atoms with Crippen LogP contribution >= 0.6 is 0 Å². The van der Waals surface area contributed by atoms with Gasteiger partial charge >= 0.3 is 7.12 Å². The number of imidazole rings is 1. The van der Waals surface area contributed by atoms with E-state index in [1.807, 2.05) is 0 Å². The van der Waals surface area contributed by atoms with Crippen molar-refractivity contribution in [1.82, 2.24) is 9.38 Å². The van der Waals surface area contributed by atoms with E-state index in [4.69, 9.17) is 10.0 Å². The Morgan fingerprint density at radius 2 is 2.23 bits per heavy atom. The predicted octanol–water partition coefficient (Wildman–Crippen LogP) is -1.69. The molecule has 0 amide bonds. The first-order valence-corrected chi connectivity index (χ1v) is 3.74. The lowest BCUT2D eigenvalue weighted by Gasteiger charge is -1.97. The van der Waals surface area contributed by atoms with Gasteiger partial charge in [0, 0.05) is 24.5 Å². The van der Waals surface area contributed by atoms with Crippen molar-refractivity contribution in [3.05, 3.63) is 34.7 Å². The van der Waals surface area contributed by atoms with Crippen molar-refractivity contribution < 1.29 is 10.0 Å². The molecule has 13 heavy (non-hydrogen) atoms. The van der Waals surface area contributed by atoms with E-state index in [2.05, 4.69) is 4.98 Å². The summed E-state index contributed by atoms with van der Waals surface area (Å²) in [5.74, 6) is 0. The Balaban J connectivity index is 2.76. The van der Waals surface area contributed by atoms with Gasteiger partial charge in [-0.3, -0.25) is 4.79 Å². The molecule has 0 spiro atoms. The Bertz CT molecular complexity index is 488. The lowest BCUT2D eigenvalue weighted by atomic mass is 9.87.